The summed E-state index contributed by atoms with van der Waals surface area (Å²) in [6.07, 6.45) is 9.75. The molecule has 9 rings (SSSR count). The Labute approximate surface area is 375 Å². The molecular formula is C62H72. The Balaban J connectivity index is 1.09. The number of benzene rings is 6. The van der Waals surface area contributed by atoms with Gasteiger partial charge in [-0.1, -0.05) is 166 Å². The lowest BCUT2D eigenvalue weighted by Crippen LogP contribution is -2.27. The van der Waals surface area contributed by atoms with E-state index >= 15 is 0 Å². The van der Waals surface area contributed by atoms with Gasteiger partial charge >= 0.3 is 0 Å². The van der Waals surface area contributed by atoms with E-state index in [9.17, 15) is 0 Å². The van der Waals surface area contributed by atoms with Gasteiger partial charge in [0.1, 0.15) is 0 Å². The van der Waals surface area contributed by atoms with Crippen molar-refractivity contribution >= 4 is 0 Å². The van der Waals surface area contributed by atoms with E-state index in [0.29, 0.717) is 23.7 Å². The Morgan fingerprint density at radius 3 is 1.05 bits per heavy atom. The standard InChI is InChI=1S/C62H72/c1-39(2)26-30-61(31-27-40(3)4)54-15-13-12-14-48(54)52-24-19-46(37-58(52)61)44-17-22-49-50-23-18-45(36-56(50)60(10,11)55(49)35-44)47-20-25-53-51-21-16-43(9)34-57(51)62(59(53)38-47,32-28-41(5)6)33-29-42(7)8/h12-25,34-42H,26-33H2,1-11H3. The Kier molecular flexibility index (Phi) is 11.1. The van der Waals surface area contributed by atoms with Crippen LogP contribution in [-0.4, -0.2) is 0 Å². The molecule has 0 saturated carbocycles. The average Bonchev–Trinajstić information content (AvgIpc) is 3.77. The summed E-state index contributed by atoms with van der Waals surface area (Å²) >= 11 is 0. The molecule has 0 unspecified atom stereocenters. The van der Waals surface area contributed by atoms with Gasteiger partial charge in [0, 0.05) is 16.2 Å². The SMILES string of the molecule is Cc1ccc2c(c1)C(CCC(C)C)(CCC(C)C)c1cc(-c3ccc4c(c3)C(C)(C)c3cc(-c5ccc6c(c5)C(CCC(C)C)(CCC(C)C)c5ccccc5-6)ccc3-4)ccc1-2. The van der Waals surface area contributed by atoms with Crippen LogP contribution < -0.4 is 0 Å². The molecule has 0 bridgehead atoms. The molecule has 0 aromatic heterocycles. The first-order chi connectivity index (χ1) is 29.6. The van der Waals surface area contributed by atoms with Crippen molar-refractivity contribution in [1.82, 2.24) is 0 Å². The van der Waals surface area contributed by atoms with Crippen LogP contribution in [-0.2, 0) is 16.2 Å². The highest BCUT2D eigenvalue weighted by molar-refractivity contribution is 5.89. The topological polar surface area (TPSA) is 0 Å². The lowest BCUT2D eigenvalue weighted by atomic mass is 9.69. The normalized spacial score (nSPS) is 15.9. The molecule has 320 valence electrons. The maximum absolute atomic E-state index is 2.61. The predicted molar refractivity (Wildman–Crippen MR) is 268 cm³/mol. The van der Waals surface area contributed by atoms with Crippen LogP contribution in [0.4, 0.5) is 0 Å². The van der Waals surface area contributed by atoms with E-state index in [1.54, 1.807) is 22.3 Å². The number of rotatable bonds is 14. The van der Waals surface area contributed by atoms with Crippen molar-refractivity contribution in [3.05, 3.63) is 154 Å². The molecule has 0 N–H and O–H groups in total. The van der Waals surface area contributed by atoms with Gasteiger partial charge in [-0.3, -0.25) is 0 Å². The van der Waals surface area contributed by atoms with Crippen molar-refractivity contribution in [3.63, 3.8) is 0 Å². The summed E-state index contributed by atoms with van der Waals surface area (Å²) in [5.74, 6) is 2.69. The van der Waals surface area contributed by atoms with Crippen LogP contribution in [0.1, 0.15) is 160 Å². The molecule has 0 saturated heterocycles. The lowest BCUT2D eigenvalue weighted by molar-refractivity contribution is 0.364. The monoisotopic (exact) mass is 817 g/mol. The molecule has 0 spiro atoms. The van der Waals surface area contributed by atoms with Crippen LogP contribution in [0.2, 0.25) is 0 Å². The van der Waals surface area contributed by atoms with Crippen molar-refractivity contribution in [1.29, 1.82) is 0 Å². The summed E-state index contributed by atoms with van der Waals surface area (Å²) < 4.78 is 0. The average molecular weight is 817 g/mol. The van der Waals surface area contributed by atoms with Crippen molar-refractivity contribution in [2.24, 2.45) is 23.7 Å². The molecule has 3 aliphatic rings. The summed E-state index contributed by atoms with van der Waals surface area (Å²) in [7, 11) is 0. The van der Waals surface area contributed by atoms with Crippen LogP contribution >= 0.6 is 0 Å². The predicted octanol–water partition coefficient (Wildman–Crippen LogP) is 17.9. The van der Waals surface area contributed by atoms with E-state index in [1.165, 1.54) is 124 Å². The number of fused-ring (bicyclic) bond motifs is 9. The zero-order chi connectivity index (χ0) is 43.7. The Morgan fingerprint density at radius 2 is 0.645 bits per heavy atom. The first-order valence-corrected chi connectivity index (χ1v) is 24.4. The maximum Gasteiger partial charge on any atom is 0.0215 e. The number of hydrogen-bond acceptors (Lipinski definition) is 0. The maximum atomic E-state index is 2.61. The summed E-state index contributed by atoms with van der Waals surface area (Å²) in [5, 5.41) is 0. The van der Waals surface area contributed by atoms with E-state index in [1.807, 2.05) is 0 Å². The minimum atomic E-state index is -0.120. The third kappa shape index (κ3) is 7.13. The van der Waals surface area contributed by atoms with Crippen LogP contribution in [0.15, 0.2) is 115 Å². The Morgan fingerprint density at radius 1 is 0.339 bits per heavy atom. The van der Waals surface area contributed by atoms with Gasteiger partial charge in [0.15, 0.2) is 0 Å². The lowest BCUT2D eigenvalue weighted by Gasteiger charge is -2.34. The minimum absolute atomic E-state index is 0.0483. The third-order valence-corrected chi connectivity index (χ3v) is 15.7. The van der Waals surface area contributed by atoms with Crippen molar-refractivity contribution < 1.29 is 0 Å². The molecule has 0 amide bonds. The second-order valence-corrected chi connectivity index (χ2v) is 22.2. The highest BCUT2D eigenvalue weighted by atomic mass is 14.5. The summed E-state index contributed by atoms with van der Waals surface area (Å²) in [4.78, 5) is 0. The summed E-state index contributed by atoms with van der Waals surface area (Å²) in [6.45, 7) is 26.3. The van der Waals surface area contributed by atoms with E-state index in [0.717, 1.165) is 0 Å². The van der Waals surface area contributed by atoms with Crippen LogP contribution in [0.5, 0.6) is 0 Å². The molecule has 0 fully saturated rings. The van der Waals surface area contributed by atoms with Crippen LogP contribution in [0.25, 0.3) is 55.6 Å². The molecule has 0 atom stereocenters. The van der Waals surface area contributed by atoms with E-state index in [4.69, 9.17) is 0 Å². The number of hydrogen-bond donors (Lipinski definition) is 0. The molecule has 0 heterocycles. The van der Waals surface area contributed by atoms with Gasteiger partial charge in [-0.05, 0) is 195 Å². The minimum Gasteiger partial charge on any atom is -0.0628 e. The number of aryl methyl sites for hydroxylation is 1. The molecule has 0 nitrogen and oxygen atoms in total. The Bertz CT molecular complexity index is 2610. The van der Waals surface area contributed by atoms with Gasteiger partial charge < -0.3 is 0 Å². The largest absolute Gasteiger partial charge is 0.0628 e. The smallest absolute Gasteiger partial charge is 0.0215 e. The zero-order valence-electron chi connectivity index (χ0n) is 39.9. The second-order valence-electron chi connectivity index (χ2n) is 22.2. The van der Waals surface area contributed by atoms with Gasteiger partial charge in [0.05, 0.1) is 0 Å². The first kappa shape index (κ1) is 42.6. The van der Waals surface area contributed by atoms with Crippen molar-refractivity contribution in [2.45, 2.75) is 144 Å². The molecular weight excluding hydrogens is 745 g/mol. The molecule has 3 aliphatic carbocycles. The molecule has 0 heteroatoms. The van der Waals surface area contributed by atoms with Gasteiger partial charge in [-0.15, -0.1) is 0 Å². The van der Waals surface area contributed by atoms with Gasteiger partial charge in [-0.2, -0.15) is 0 Å². The second kappa shape index (κ2) is 16.1. The summed E-state index contributed by atoms with van der Waals surface area (Å²) in [5.41, 5.74) is 24.4. The van der Waals surface area contributed by atoms with Gasteiger partial charge in [-0.25, -0.2) is 0 Å². The van der Waals surface area contributed by atoms with Crippen molar-refractivity contribution in [3.8, 4) is 55.6 Å². The molecule has 0 radical (unpaired) electrons. The van der Waals surface area contributed by atoms with E-state index < -0.39 is 0 Å². The highest BCUT2D eigenvalue weighted by Crippen LogP contribution is 2.58. The quantitative estimate of drug-likeness (QED) is 0.103. The van der Waals surface area contributed by atoms with E-state index in [-0.39, 0.29) is 16.2 Å². The molecule has 6 aromatic carbocycles. The van der Waals surface area contributed by atoms with Crippen LogP contribution in [0.3, 0.4) is 0 Å². The fourth-order valence-electron chi connectivity index (χ4n) is 12.0. The van der Waals surface area contributed by atoms with Crippen molar-refractivity contribution in [2.75, 3.05) is 0 Å². The highest BCUT2D eigenvalue weighted by Gasteiger charge is 2.45. The molecule has 62 heavy (non-hydrogen) atoms. The summed E-state index contributed by atoms with van der Waals surface area (Å²) in [6, 6.07) is 46.3. The first-order valence-electron chi connectivity index (χ1n) is 24.4. The van der Waals surface area contributed by atoms with Crippen LogP contribution in [0, 0.1) is 30.6 Å². The van der Waals surface area contributed by atoms with Gasteiger partial charge in [0.25, 0.3) is 0 Å². The third-order valence-electron chi connectivity index (χ3n) is 15.7. The van der Waals surface area contributed by atoms with Gasteiger partial charge in [0.2, 0.25) is 0 Å². The zero-order valence-corrected chi connectivity index (χ0v) is 39.9. The van der Waals surface area contributed by atoms with E-state index in [2.05, 4.69) is 191 Å². The fourth-order valence-corrected chi connectivity index (χ4v) is 12.0. The fraction of sp³-hybridized carbons (Fsp3) is 0.419. The molecule has 0 aliphatic heterocycles. The molecule has 6 aromatic rings. The Hall–Kier alpha value is -4.68.